The normalized spacial score (nSPS) is 16.9. The summed E-state index contributed by atoms with van der Waals surface area (Å²) in [6.45, 7) is 7.01. The van der Waals surface area contributed by atoms with E-state index < -0.39 is 0 Å². The lowest BCUT2D eigenvalue weighted by atomic mass is 10.2. The lowest BCUT2D eigenvalue weighted by Crippen LogP contribution is -2.47. The Morgan fingerprint density at radius 2 is 1.86 bits per heavy atom. The van der Waals surface area contributed by atoms with Crippen LogP contribution >= 0.6 is 23.2 Å². The molecule has 0 atom stereocenters. The number of halogens is 2. The third-order valence-corrected chi connectivity index (χ3v) is 4.12. The number of piperazine rings is 1. The summed E-state index contributed by atoms with van der Waals surface area (Å²) in [5.74, 6) is -0.147. The van der Waals surface area contributed by atoms with E-state index in [2.05, 4.69) is 9.80 Å². The zero-order chi connectivity index (χ0) is 15.2. The predicted octanol–water partition coefficient (Wildman–Crippen LogP) is 2.67. The first-order valence-corrected chi connectivity index (χ1v) is 7.88. The standard InChI is InChI=1S/C15H20Cl2N2O2/c1-2-21-15(20)11-19-7-5-18(6-8-19)10-12-3-4-13(16)9-14(12)17/h3-4,9H,2,5-8,10-11H2,1H3. The molecule has 1 aromatic carbocycles. The molecule has 6 heteroatoms. The van der Waals surface area contributed by atoms with E-state index in [-0.39, 0.29) is 5.97 Å². The number of nitrogens with zero attached hydrogens (tertiary/aromatic N) is 2. The van der Waals surface area contributed by atoms with Crippen LogP contribution in [0.1, 0.15) is 12.5 Å². The van der Waals surface area contributed by atoms with E-state index in [1.165, 1.54) is 0 Å². The molecule has 0 N–H and O–H groups in total. The van der Waals surface area contributed by atoms with Gasteiger partial charge in [-0.2, -0.15) is 0 Å². The fourth-order valence-corrected chi connectivity index (χ4v) is 2.85. The van der Waals surface area contributed by atoms with Gasteiger partial charge in [-0.15, -0.1) is 0 Å². The highest BCUT2D eigenvalue weighted by molar-refractivity contribution is 6.35. The van der Waals surface area contributed by atoms with Crippen LogP contribution in [0.4, 0.5) is 0 Å². The predicted molar refractivity (Wildman–Crippen MR) is 84.8 cm³/mol. The molecule has 1 aliphatic rings. The molecule has 0 amide bonds. The topological polar surface area (TPSA) is 32.8 Å². The Morgan fingerprint density at radius 1 is 1.19 bits per heavy atom. The van der Waals surface area contributed by atoms with Gasteiger partial charge in [0, 0.05) is 42.8 Å². The van der Waals surface area contributed by atoms with Crippen molar-refractivity contribution in [3.8, 4) is 0 Å². The zero-order valence-corrected chi connectivity index (χ0v) is 13.7. The van der Waals surface area contributed by atoms with Crippen LogP contribution in [-0.2, 0) is 16.1 Å². The number of carbonyl (C=O) groups is 1. The summed E-state index contributed by atoms with van der Waals surface area (Å²) in [7, 11) is 0. The Morgan fingerprint density at radius 3 is 2.48 bits per heavy atom. The van der Waals surface area contributed by atoms with Gasteiger partial charge in [-0.05, 0) is 24.6 Å². The Hall–Kier alpha value is -0.810. The van der Waals surface area contributed by atoms with E-state index in [4.69, 9.17) is 27.9 Å². The smallest absolute Gasteiger partial charge is 0.320 e. The molecule has 0 saturated carbocycles. The Kier molecular flexibility index (Phi) is 6.30. The first-order valence-electron chi connectivity index (χ1n) is 7.12. The second kappa shape index (κ2) is 7.99. The zero-order valence-electron chi connectivity index (χ0n) is 12.1. The van der Waals surface area contributed by atoms with Crippen molar-refractivity contribution in [3.63, 3.8) is 0 Å². The summed E-state index contributed by atoms with van der Waals surface area (Å²) in [5, 5.41) is 1.36. The summed E-state index contributed by atoms with van der Waals surface area (Å²) in [6, 6.07) is 5.60. The molecule has 1 aliphatic heterocycles. The maximum Gasteiger partial charge on any atom is 0.320 e. The van der Waals surface area contributed by atoms with Gasteiger partial charge < -0.3 is 4.74 Å². The Bertz CT molecular complexity index is 489. The second-order valence-electron chi connectivity index (χ2n) is 5.09. The van der Waals surface area contributed by atoms with Crippen LogP contribution in [0.3, 0.4) is 0 Å². The van der Waals surface area contributed by atoms with Crippen LogP contribution in [0, 0.1) is 0 Å². The summed E-state index contributed by atoms with van der Waals surface area (Å²) in [4.78, 5) is 15.9. The Labute approximate surface area is 135 Å². The van der Waals surface area contributed by atoms with Gasteiger partial charge >= 0.3 is 5.97 Å². The van der Waals surface area contributed by atoms with Crippen molar-refractivity contribution in [2.24, 2.45) is 0 Å². The number of carbonyl (C=O) groups excluding carboxylic acids is 1. The van der Waals surface area contributed by atoms with E-state index in [0.717, 1.165) is 38.3 Å². The lowest BCUT2D eigenvalue weighted by Gasteiger charge is -2.34. The number of hydrogen-bond donors (Lipinski definition) is 0. The van der Waals surface area contributed by atoms with Gasteiger partial charge in [-0.25, -0.2) is 0 Å². The second-order valence-corrected chi connectivity index (χ2v) is 5.94. The molecule has 0 radical (unpaired) electrons. The van der Waals surface area contributed by atoms with Crippen molar-refractivity contribution in [1.82, 2.24) is 9.80 Å². The van der Waals surface area contributed by atoms with Gasteiger partial charge in [0.2, 0.25) is 0 Å². The molecule has 4 nitrogen and oxygen atoms in total. The third-order valence-electron chi connectivity index (χ3n) is 3.53. The van der Waals surface area contributed by atoms with Gasteiger partial charge in [0.25, 0.3) is 0 Å². The maximum absolute atomic E-state index is 11.5. The molecule has 1 fully saturated rings. The highest BCUT2D eigenvalue weighted by atomic mass is 35.5. The minimum absolute atomic E-state index is 0.147. The average molecular weight is 331 g/mol. The van der Waals surface area contributed by atoms with Crippen LogP contribution in [-0.4, -0.2) is 55.1 Å². The van der Waals surface area contributed by atoms with Crippen LogP contribution in [0.25, 0.3) is 0 Å². The number of ether oxygens (including phenoxy) is 1. The van der Waals surface area contributed by atoms with Crippen LogP contribution < -0.4 is 0 Å². The summed E-state index contributed by atoms with van der Waals surface area (Å²) in [5.41, 5.74) is 1.08. The van der Waals surface area contributed by atoms with Crippen LogP contribution in [0.2, 0.25) is 10.0 Å². The number of benzene rings is 1. The molecule has 0 unspecified atom stereocenters. The molecule has 1 heterocycles. The van der Waals surface area contributed by atoms with Gasteiger partial charge in [-0.1, -0.05) is 29.3 Å². The van der Waals surface area contributed by atoms with Crippen molar-refractivity contribution in [1.29, 1.82) is 0 Å². The molecule has 0 aliphatic carbocycles. The summed E-state index contributed by atoms with van der Waals surface area (Å²) < 4.78 is 4.97. The fourth-order valence-electron chi connectivity index (χ4n) is 2.39. The minimum Gasteiger partial charge on any atom is -0.465 e. The summed E-state index contributed by atoms with van der Waals surface area (Å²) >= 11 is 12.1. The van der Waals surface area contributed by atoms with Crippen molar-refractivity contribution in [3.05, 3.63) is 33.8 Å². The van der Waals surface area contributed by atoms with E-state index in [1.807, 2.05) is 19.1 Å². The third kappa shape index (κ3) is 5.15. The monoisotopic (exact) mass is 330 g/mol. The highest BCUT2D eigenvalue weighted by Gasteiger charge is 2.20. The van der Waals surface area contributed by atoms with Crippen LogP contribution in [0.5, 0.6) is 0 Å². The minimum atomic E-state index is -0.147. The molecule has 116 valence electrons. The first-order chi connectivity index (χ1) is 10.1. The average Bonchev–Trinajstić information content (AvgIpc) is 2.44. The quantitative estimate of drug-likeness (QED) is 0.777. The number of rotatable bonds is 5. The molecule has 2 rings (SSSR count). The Balaban J connectivity index is 1.80. The number of hydrogen-bond acceptors (Lipinski definition) is 4. The SMILES string of the molecule is CCOC(=O)CN1CCN(Cc2ccc(Cl)cc2Cl)CC1. The van der Waals surface area contributed by atoms with Crippen molar-refractivity contribution >= 4 is 29.2 Å². The van der Waals surface area contributed by atoms with E-state index in [1.54, 1.807) is 6.07 Å². The molecule has 0 aromatic heterocycles. The maximum atomic E-state index is 11.5. The molecular formula is C15H20Cl2N2O2. The highest BCUT2D eigenvalue weighted by Crippen LogP contribution is 2.22. The molecular weight excluding hydrogens is 311 g/mol. The van der Waals surface area contributed by atoms with Gasteiger partial charge in [0.1, 0.15) is 0 Å². The first kappa shape index (κ1) is 16.6. The van der Waals surface area contributed by atoms with E-state index in [9.17, 15) is 4.79 Å². The molecule has 1 saturated heterocycles. The van der Waals surface area contributed by atoms with Crippen molar-refractivity contribution in [2.75, 3.05) is 39.3 Å². The fraction of sp³-hybridized carbons (Fsp3) is 0.533. The molecule has 1 aromatic rings. The van der Waals surface area contributed by atoms with Gasteiger partial charge in [-0.3, -0.25) is 14.6 Å². The number of esters is 1. The summed E-state index contributed by atoms with van der Waals surface area (Å²) in [6.07, 6.45) is 0. The molecule has 0 spiro atoms. The van der Waals surface area contributed by atoms with E-state index >= 15 is 0 Å². The molecule has 0 bridgehead atoms. The lowest BCUT2D eigenvalue weighted by molar-refractivity contribution is -0.144. The molecule has 21 heavy (non-hydrogen) atoms. The van der Waals surface area contributed by atoms with Crippen molar-refractivity contribution in [2.45, 2.75) is 13.5 Å². The van der Waals surface area contributed by atoms with E-state index in [0.29, 0.717) is 23.2 Å². The van der Waals surface area contributed by atoms with Gasteiger partial charge in [0.15, 0.2) is 0 Å². The van der Waals surface area contributed by atoms with Gasteiger partial charge in [0.05, 0.1) is 13.2 Å². The largest absolute Gasteiger partial charge is 0.465 e. The van der Waals surface area contributed by atoms with Crippen LogP contribution in [0.15, 0.2) is 18.2 Å². The van der Waals surface area contributed by atoms with Crippen molar-refractivity contribution < 1.29 is 9.53 Å².